The Morgan fingerprint density at radius 1 is 1.34 bits per heavy atom. The third-order valence-electron chi connectivity index (χ3n) is 5.92. The van der Waals surface area contributed by atoms with Gasteiger partial charge >= 0.3 is 0 Å². The van der Waals surface area contributed by atoms with Gasteiger partial charge in [-0.05, 0) is 62.3 Å². The lowest BCUT2D eigenvalue weighted by atomic mass is 9.98. The number of ether oxygens (including phenoxy) is 2. The molecule has 0 bridgehead atoms. The molecule has 2 heterocycles. The summed E-state index contributed by atoms with van der Waals surface area (Å²) in [6.45, 7) is 9.81. The Labute approximate surface area is 188 Å². The van der Waals surface area contributed by atoms with Gasteiger partial charge < -0.3 is 14.6 Å². The Balaban J connectivity index is 2.01. The second-order valence-electron chi connectivity index (χ2n) is 8.68. The number of hydrogen-bond donors (Lipinski definition) is 1. The van der Waals surface area contributed by atoms with Crippen molar-refractivity contribution < 1.29 is 19.4 Å². The Kier molecular flexibility index (Phi) is 7.05. The molecule has 1 aromatic carbocycles. The van der Waals surface area contributed by atoms with E-state index in [1.807, 2.05) is 45.0 Å². The van der Waals surface area contributed by atoms with E-state index in [0.717, 1.165) is 28.5 Å². The van der Waals surface area contributed by atoms with Crippen molar-refractivity contribution in [2.75, 3.05) is 6.61 Å². The van der Waals surface area contributed by atoms with Gasteiger partial charge in [-0.15, -0.1) is 0 Å². The molecule has 2 unspecified atom stereocenters. The van der Waals surface area contributed by atoms with Crippen LogP contribution in [0.15, 0.2) is 23.0 Å². The van der Waals surface area contributed by atoms with Crippen LogP contribution in [-0.2, 0) is 11.3 Å². The highest BCUT2D eigenvalue weighted by molar-refractivity contribution is 6.03. The van der Waals surface area contributed by atoms with Crippen molar-refractivity contribution in [1.82, 2.24) is 4.57 Å². The molecule has 32 heavy (non-hydrogen) atoms. The molecular weight excluding hydrogens is 408 g/mol. The van der Waals surface area contributed by atoms with E-state index in [1.54, 1.807) is 6.92 Å². The molecule has 0 amide bonds. The largest absolute Gasteiger partial charge is 0.494 e. The number of aryl methyl sites for hydroxylation is 1. The maximum atomic E-state index is 13.4. The number of carbonyl (C=O) groups is 1. The molecule has 1 fully saturated rings. The summed E-state index contributed by atoms with van der Waals surface area (Å²) in [5.74, 6) is -0.141. The average molecular weight is 439 g/mol. The molecule has 1 aromatic heterocycles. The van der Waals surface area contributed by atoms with Gasteiger partial charge in [0, 0.05) is 6.61 Å². The van der Waals surface area contributed by atoms with Gasteiger partial charge in [0.2, 0.25) is 11.7 Å². The number of nitriles is 1. The molecule has 0 radical (unpaired) electrons. The number of aromatic nitrogens is 1. The molecule has 2 atom stereocenters. The van der Waals surface area contributed by atoms with E-state index in [2.05, 4.69) is 0 Å². The molecule has 1 N–H and O–H groups in total. The van der Waals surface area contributed by atoms with Crippen LogP contribution in [0.3, 0.4) is 0 Å². The molecule has 2 aromatic rings. The smallest absolute Gasteiger partial charge is 0.271 e. The Bertz CT molecular complexity index is 1120. The van der Waals surface area contributed by atoms with Crippen LogP contribution in [0.5, 0.6) is 11.6 Å². The first-order valence-corrected chi connectivity index (χ1v) is 10.9. The maximum Gasteiger partial charge on any atom is 0.271 e. The summed E-state index contributed by atoms with van der Waals surface area (Å²) < 4.78 is 12.7. The second-order valence-corrected chi connectivity index (χ2v) is 8.68. The quantitative estimate of drug-likeness (QED) is 0.656. The zero-order valence-electron chi connectivity index (χ0n) is 19.3. The zero-order chi connectivity index (χ0) is 23.6. The molecule has 170 valence electrons. The first-order chi connectivity index (χ1) is 15.1. The normalized spacial score (nSPS) is 16.7. The summed E-state index contributed by atoms with van der Waals surface area (Å²) in [6, 6.07) is 7.74. The highest BCUT2D eigenvalue weighted by atomic mass is 16.5. The first-order valence-electron chi connectivity index (χ1n) is 10.9. The highest BCUT2D eigenvalue weighted by Gasteiger charge is 2.30. The Morgan fingerprint density at radius 2 is 2.06 bits per heavy atom. The van der Waals surface area contributed by atoms with Crippen LogP contribution in [-0.4, -0.2) is 34.3 Å². The van der Waals surface area contributed by atoms with Gasteiger partial charge in [0.05, 0.1) is 18.2 Å². The Hall–Kier alpha value is -3.11. The summed E-state index contributed by atoms with van der Waals surface area (Å²) in [7, 11) is 0. The van der Waals surface area contributed by atoms with Gasteiger partial charge in [-0.1, -0.05) is 26.0 Å². The predicted molar refractivity (Wildman–Crippen MR) is 120 cm³/mol. The molecule has 0 saturated carbocycles. The van der Waals surface area contributed by atoms with Gasteiger partial charge in [0.1, 0.15) is 17.4 Å². The predicted octanol–water partition coefficient (Wildman–Crippen LogP) is 4.00. The van der Waals surface area contributed by atoms with Gasteiger partial charge in [0.25, 0.3) is 5.56 Å². The van der Waals surface area contributed by atoms with Crippen molar-refractivity contribution in [1.29, 1.82) is 5.26 Å². The van der Waals surface area contributed by atoms with Crippen LogP contribution in [0.1, 0.15) is 72.1 Å². The molecule has 7 nitrogen and oxygen atoms in total. The molecule has 7 heteroatoms. The van der Waals surface area contributed by atoms with Crippen molar-refractivity contribution in [3.8, 4) is 17.7 Å². The molecule has 3 rings (SSSR count). The lowest BCUT2D eigenvalue weighted by molar-refractivity contribution is 0.0803. The van der Waals surface area contributed by atoms with Gasteiger partial charge in [-0.3, -0.25) is 14.2 Å². The summed E-state index contributed by atoms with van der Waals surface area (Å²) in [4.78, 5) is 26.2. The minimum absolute atomic E-state index is 0.0644. The molecular formula is C25H30N2O5. The fourth-order valence-corrected chi connectivity index (χ4v) is 4.08. The summed E-state index contributed by atoms with van der Waals surface area (Å²) in [5.41, 5.74) is 1.29. The highest BCUT2D eigenvalue weighted by Crippen LogP contribution is 2.30. The van der Waals surface area contributed by atoms with E-state index in [1.165, 1.54) is 6.92 Å². The number of rotatable bonds is 7. The summed E-state index contributed by atoms with van der Waals surface area (Å²) >= 11 is 0. The van der Waals surface area contributed by atoms with Crippen LogP contribution < -0.4 is 10.3 Å². The second kappa shape index (κ2) is 9.58. The molecule has 1 saturated heterocycles. The van der Waals surface area contributed by atoms with E-state index < -0.39 is 23.3 Å². The van der Waals surface area contributed by atoms with Crippen LogP contribution in [0, 0.1) is 25.2 Å². The van der Waals surface area contributed by atoms with Gasteiger partial charge in [0.15, 0.2) is 6.10 Å². The van der Waals surface area contributed by atoms with E-state index in [0.29, 0.717) is 12.4 Å². The lowest BCUT2D eigenvalue weighted by Crippen LogP contribution is -2.33. The van der Waals surface area contributed by atoms with Crippen molar-refractivity contribution in [2.24, 2.45) is 0 Å². The fourth-order valence-electron chi connectivity index (χ4n) is 4.08. The third-order valence-corrected chi connectivity index (χ3v) is 5.92. The average Bonchev–Trinajstić information content (AvgIpc) is 3.24. The minimum Gasteiger partial charge on any atom is -0.494 e. The number of hydrogen-bond acceptors (Lipinski definition) is 6. The first kappa shape index (κ1) is 23.6. The van der Waals surface area contributed by atoms with Crippen LogP contribution in [0.25, 0.3) is 0 Å². The summed E-state index contributed by atoms with van der Waals surface area (Å²) in [5, 5.41) is 20.5. The van der Waals surface area contributed by atoms with E-state index in [9.17, 15) is 20.0 Å². The maximum absolute atomic E-state index is 13.4. The molecule has 0 spiro atoms. The number of benzene rings is 1. The fraction of sp³-hybridized carbons (Fsp3) is 0.480. The lowest BCUT2D eigenvalue weighted by Gasteiger charge is -2.22. The number of Topliss-reactive ketones (excluding diaryl/α,β-unsaturated/α-hetero) is 1. The molecule has 1 aliphatic heterocycles. The number of carbonyl (C=O) groups excluding carboxylic acids is 1. The van der Waals surface area contributed by atoms with Crippen LogP contribution in [0.2, 0.25) is 0 Å². The number of pyridine rings is 1. The minimum atomic E-state index is -0.931. The van der Waals surface area contributed by atoms with Gasteiger partial charge in [-0.25, -0.2) is 0 Å². The number of ketones is 1. The van der Waals surface area contributed by atoms with Crippen molar-refractivity contribution >= 4 is 5.78 Å². The van der Waals surface area contributed by atoms with Crippen molar-refractivity contribution in [3.05, 3.63) is 56.4 Å². The topological polar surface area (TPSA) is 102 Å². The Morgan fingerprint density at radius 3 is 2.66 bits per heavy atom. The summed E-state index contributed by atoms with van der Waals surface area (Å²) in [6.07, 6.45) is 0.433. The zero-order valence-corrected chi connectivity index (χ0v) is 19.3. The van der Waals surface area contributed by atoms with E-state index in [4.69, 9.17) is 9.47 Å². The SMILES string of the molecule is Cc1ccc(C(C)C)c(OC(C)C(=O)c2c(C)c(C#N)c(=O)n(CC3CCCO3)c2O)c1. The van der Waals surface area contributed by atoms with Crippen LogP contribution in [0.4, 0.5) is 0 Å². The van der Waals surface area contributed by atoms with E-state index >= 15 is 0 Å². The van der Waals surface area contributed by atoms with Gasteiger partial charge in [-0.2, -0.15) is 5.26 Å². The molecule has 1 aliphatic rings. The molecule has 0 aliphatic carbocycles. The van der Waals surface area contributed by atoms with E-state index in [-0.39, 0.29) is 35.3 Å². The van der Waals surface area contributed by atoms with Crippen molar-refractivity contribution in [2.45, 2.75) is 72.1 Å². The third kappa shape index (κ3) is 4.56. The standard InChI is InChI=1S/C25H30N2O5/c1-14(2)19-9-8-15(3)11-21(19)32-17(5)23(28)22-16(4)20(12-26)24(29)27(25(22)30)13-18-7-6-10-31-18/h8-9,11,14,17-18,30H,6-7,10,13H2,1-5H3. The number of nitrogens with zero attached hydrogens (tertiary/aromatic N) is 2. The number of aromatic hydroxyl groups is 1. The van der Waals surface area contributed by atoms with Crippen LogP contribution >= 0.6 is 0 Å². The monoisotopic (exact) mass is 438 g/mol. The van der Waals surface area contributed by atoms with Crippen molar-refractivity contribution in [3.63, 3.8) is 0 Å².